The number of aryl methyl sites for hydroxylation is 2. The summed E-state index contributed by atoms with van der Waals surface area (Å²) in [6.07, 6.45) is -3.97. The zero-order chi connectivity index (χ0) is 37.8. The molecule has 14 heteroatoms. The zero-order valence-corrected chi connectivity index (χ0v) is 30.1. The fraction of sp³-hybridized carbons (Fsp3) is 0.462. The third-order valence-electron chi connectivity index (χ3n) is 11.1. The van der Waals surface area contributed by atoms with Crippen molar-refractivity contribution in [2.45, 2.75) is 82.8 Å². The standard InChI is InChI=1S/C39H41F3N4O7/c1-20-13-24-14-26-28(16-43)46-27(33(45(26)4)31(24)35(21(20)2)50-18-49-5)15-25-32(29(46)17-44-30(47)12-11-23-9-7-6-8-10-23)37-36(51-19-52-37)22(3)34(25)53-38(48)39(40,41)42/h6-10,13,26-29,33H,11-12,14-15,17-19H2,1-5H3,(H,44,47)/t26-,27?,28-,29-,33-/m0/s1. The average molecular weight is 735 g/mol. The van der Waals surface area contributed by atoms with Gasteiger partial charge in [-0.1, -0.05) is 36.4 Å². The van der Waals surface area contributed by atoms with Crippen LogP contribution in [0.1, 0.15) is 63.0 Å². The summed E-state index contributed by atoms with van der Waals surface area (Å²) in [5, 5.41) is 14.0. The fourth-order valence-electron chi connectivity index (χ4n) is 8.67. The van der Waals surface area contributed by atoms with Gasteiger partial charge in [0.25, 0.3) is 0 Å². The molecule has 0 radical (unpaired) electrons. The molecular formula is C39H41F3N4O7. The number of fused-ring (bicyclic) bond motifs is 9. The van der Waals surface area contributed by atoms with Crippen LogP contribution in [-0.2, 0) is 33.6 Å². The van der Waals surface area contributed by atoms with E-state index < -0.39 is 36.3 Å². The molecule has 1 amide bonds. The Kier molecular flexibility index (Phi) is 9.77. The van der Waals surface area contributed by atoms with Crippen molar-refractivity contribution in [2.24, 2.45) is 0 Å². The molecule has 4 heterocycles. The van der Waals surface area contributed by atoms with Gasteiger partial charge in [0.05, 0.1) is 18.2 Å². The minimum Gasteiger partial charge on any atom is -0.467 e. The molecule has 3 aromatic carbocycles. The predicted octanol–water partition coefficient (Wildman–Crippen LogP) is 5.31. The first kappa shape index (κ1) is 36.5. The maximum Gasteiger partial charge on any atom is 0.491 e. The Labute approximate surface area is 305 Å². The highest BCUT2D eigenvalue weighted by molar-refractivity contribution is 5.80. The lowest BCUT2D eigenvalue weighted by molar-refractivity contribution is -0.189. The van der Waals surface area contributed by atoms with Gasteiger partial charge in [0.2, 0.25) is 12.7 Å². The highest BCUT2D eigenvalue weighted by Gasteiger charge is 2.57. The first-order valence-electron chi connectivity index (χ1n) is 17.5. The second kappa shape index (κ2) is 14.2. The molecule has 280 valence electrons. The molecular weight excluding hydrogens is 693 g/mol. The number of methoxy groups -OCH3 is 1. The Bertz CT molecular complexity index is 1980. The van der Waals surface area contributed by atoms with Crippen molar-refractivity contribution in [3.05, 3.63) is 80.9 Å². The zero-order valence-electron chi connectivity index (χ0n) is 30.1. The van der Waals surface area contributed by atoms with Crippen LogP contribution in [0, 0.1) is 32.1 Å². The van der Waals surface area contributed by atoms with Gasteiger partial charge in [-0.15, -0.1) is 0 Å². The van der Waals surface area contributed by atoms with Crippen LogP contribution in [0.25, 0.3) is 0 Å². The molecule has 0 aliphatic carbocycles. The molecule has 7 rings (SSSR count). The average Bonchev–Trinajstić information content (AvgIpc) is 3.62. The van der Waals surface area contributed by atoms with E-state index in [1.807, 2.05) is 51.2 Å². The number of likely N-dealkylation sites (N-methyl/N-ethyl adjacent to an activating group) is 1. The Balaban J connectivity index is 1.39. The molecule has 0 aromatic heterocycles. The van der Waals surface area contributed by atoms with Gasteiger partial charge >= 0.3 is 12.1 Å². The number of alkyl halides is 3. The van der Waals surface area contributed by atoms with Crippen LogP contribution in [0.15, 0.2) is 36.4 Å². The lowest BCUT2D eigenvalue weighted by Gasteiger charge is -2.60. The summed E-state index contributed by atoms with van der Waals surface area (Å²) in [6.45, 7) is 5.27. The van der Waals surface area contributed by atoms with Gasteiger partial charge in [0, 0.05) is 54.4 Å². The van der Waals surface area contributed by atoms with Crippen molar-refractivity contribution in [3.63, 3.8) is 0 Å². The second-order valence-corrected chi connectivity index (χ2v) is 14.0. The lowest BCUT2D eigenvalue weighted by atomic mass is 9.71. The smallest absolute Gasteiger partial charge is 0.467 e. The van der Waals surface area contributed by atoms with Crippen LogP contribution >= 0.6 is 0 Å². The molecule has 1 N–H and O–H groups in total. The summed E-state index contributed by atoms with van der Waals surface area (Å²) in [5.74, 6) is -1.77. The molecule has 53 heavy (non-hydrogen) atoms. The van der Waals surface area contributed by atoms with Crippen LogP contribution in [0.2, 0.25) is 0 Å². The molecule has 1 saturated heterocycles. The number of carbonyl (C=O) groups is 2. The van der Waals surface area contributed by atoms with Crippen LogP contribution in [0.3, 0.4) is 0 Å². The first-order chi connectivity index (χ1) is 25.3. The van der Waals surface area contributed by atoms with Gasteiger partial charge in [-0.05, 0) is 69.3 Å². The van der Waals surface area contributed by atoms with E-state index >= 15 is 0 Å². The second-order valence-electron chi connectivity index (χ2n) is 14.0. The molecule has 2 bridgehead atoms. The maximum absolute atomic E-state index is 13.8. The Morgan fingerprint density at radius 2 is 1.75 bits per heavy atom. The van der Waals surface area contributed by atoms with Crippen LogP contribution in [0.5, 0.6) is 23.0 Å². The fourth-order valence-corrected chi connectivity index (χ4v) is 8.67. The summed E-state index contributed by atoms with van der Waals surface area (Å²) in [5.41, 5.74) is 5.76. The lowest BCUT2D eigenvalue weighted by Crippen LogP contribution is -2.68. The number of halogens is 3. The van der Waals surface area contributed by atoms with Gasteiger partial charge in [-0.2, -0.15) is 18.4 Å². The minimum absolute atomic E-state index is 0.00318. The highest BCUT2D eigenvalue weighted by atomic mass is 19.4. The summed E-state index contributed by atoms with van der Waals surface area (Å²) >= 11 is 0. The van der Waals surface area contributed by atoms with E-state index in [2.05, 4.69) is 27.3 Å². The van der Waals surface area contributed by atoms with Crippen LogP contribution in [0.4, 0.5) is 13.2 Å². The highest BCUT2D eigenvalue weighted by Crippen LogP contribution is 2.58. The Hall–Kier alpha value is -4.84. The number of esters is 1. The maximum atomic E-state index is 13.8. The van der Waals surface area contributed by atoms with Crippen molar-refractivity contribution in [1.29, 1.82) is 5.26 Å². The van der Waals surface area contributed by atoms with E-state index in [4.69, 9.17) is 23.7 Å². The summed E-state index contributed by atoms with van der Waals surface area (Å²) in [6, 6.07) is 11.5. The number of hydrogen-bond donors (Lipinski definition) is 1. The number of amides is 1. The first-order valence-corrected chi connectivity index (χ1v) is 17.5. The SMILES string of the molecule is COCOc1c(C)c(C)cc2c1[C@@H]1C3Cc4c(OC(=O)C(F)(F)F)c(C)c5c(c4[C@H](CNC(=O)CCc4ccccc4)N3[C@@H](C#N)[C@H](C2)N1C)OCO5. The van der Waals surface area contributed by atoms with Crippen molar-refractivity contribution in [1.82, 2.24) is 15.1 Å². The van der Waals surface area contributed by atoms with E-state index in [1.54, 1.807) is 0 Å². The largest absolute Gasteiger partial charge is 0.491 e. The molecule has 5 atom stereocenters. The van der Waals surface area contributed by atoms with Gasteiger partial charge in [0.15, 0.2) is 18.3 Å². The Morgan fingerprint density at radius 1 is 1.02 bits per heavy atom. The molecule has 0 spiro atoms. The summed E-state index contributed by atoms with van der Waals surface area (Å²) < 4.78 is 69.9. The van der Waals surface area contributed by atoms with Crippen molar-refractivity contribution < 1.29 is 46.4 Å². The molecule has 4 aliphatic rings. The number of ether oxygens (including phenoxy) is 5. The van der Waals surface area contributed by atoms with E-state index in [0.29, 0.717) is 35.5 Å². The van der Waals surface area contributed by atoms with Crippen molar-refractivity contribution in [3.8, 4) is 29.1 Å². The van der Waals surface area contributed by atoms with Crippen molar-refractivity contribution in [2.75, 3.05) is 34.3 Å². The summed E-state index contributed by atoms with van der Waals surface area (Å²) in [7, 11) is 3.48. The predicted molar refractivity (Wildman–Crippen MR) is 185 cm³/mol. The topological polar surface area (TPSA) is 123 Å². The quantitative estimate of drug-likeness (QED) is 0.176. The minimum atomic E-state index is -5.27. The number of nitriles is 1. The molecule has 1 unspecified atom stereocenters. The molecule has 1 fully saturated rings. The van der Waals surface area contributed by atoms with Gasteiger partial charge < -0.3 is 29.0 Å². The van der Waals surface area contributed by atoms with Crippen LogP contribution < -0.4 is 24.3 Å². The molecule has 0 saturated carbocycles. The van der Waals surface area contributed by atoms with E-state index in [1.165, 1.54) is 14.0 Å². The number of nitrogens with one attached hydrogen (secondary N) is 1. The normalized spacial score (nSPS) is 23.0. The molecule has 11 nitrogen and oxygen atoms in total. The number of nitrogens with zero attached hydrogens (tertiary/aromatic N) is 3. The number of rotatable bonds is 9. The third kappa shape index (κ3) is 6.34. The van der Waals surface area contributed by atoms with Crippen molar-refractivity contribution >= 4 is 11.9 Å². The van der Waals surface area contributed by atoms with E-state index in [9.17, 15) is 28.0 Å². The molecule has 4 aliphatic heterocycles. The van der Waals surface area contributed by atoms with Gasteiger partial charge in [0.1, 0.15) is 17.5 Å². The monoisotopic (exact) mass is 734 g/mol. The van der Waals surface area contributed by atoms with Gasteiger partial charge in [-0.25, -0.2) is 4.79 Å². The third-order valence-corrected chi connectivity index (χ3v) is 11.1. The Morgan fingerprint density at radius 3 is 2.45 bits per heavy atom. The number of benzene rings is 3. The number of hydrogen-bond acceptors (Lipinski definition) is 10. The van der Waals surface area contributed by atoms with E-state index in [-0.39, 0.29) is 62.0 Å². The number of piperazine rings is 1. The molecule has 3 aromatic rings. The van der Waals surface area contributed by atoms with E-state index in [0.717, 1.165) is 27.8 Å². The number of carbonyl (C=O) groups excluding carboxylic acids is 2. The summed E-state index contributed by atoms with van der Waals surface area (Å²) in [4.78, 5) is 30.1. The van der Waals surface area contributed by atoms with Crippen LogP contribution in [-0.4, -0.2) is 80.3 Å². The van der Waals surface area contributed by atoms with Gasteiger partial charge in [-0.3, -0.25) is 14.6 Å².